The maximum absolute atomic E-state index is 13.7. The molecule has 1 fully saturated rings. The molecule has 0 bridgehead atoms. The molecule has 3 aromatic rings. The number of hydrogen-bond acceptors (Lipinski definition) is 5. The SMILES string of the molecule is COC(=O)c1cc(CC(=O)N(CCC(c2ccccc2)c2ccccc2)CCN2CCOCC2)ccc1C. The first-order chi connectivity index (χ1) is 18.5. The molecule has 6 nitrogen and oxygen atoms in total. The standard InChI is InChI=1S/C32H38N2O4/c1-25-13-14-26(23-30(25)32(36)37-2)24-31(35)34(18-17-33-19-21-38-22-20-33)16-15-29(27-9-5-3-6-10-27)28-11-7-4-8-12-28/h3-14,23,29H,15-22,24H2,1-2H3. The number of rotatable bonds is 11. The summed E-state index contributed by atoms with van der Waals surface area (Å²) < 4.78 is 10.4. The first kappa shape index (κ1) is 27.6. The molecular formula is C32H38N2O4. The molecule has 4 rings (SSSR count). The lowest BCUT2D eigenvalue weighted by molar-refractivity contribution is -0.131. The predicted molar refractivity (Wildman–Crippen MR) is 149 cm³/mol. The zero-order chi connectivity index (χ0) is 26.7. The molecule has 1 heterocycles. The topological polar surface area (TPSA) is 59.1 Å². The van der Waals surface area contributed by atoms with Crippen molar-refractivity contribution in [1.29, 1.82) is 0 Å². The Kier molecular flexibility index (Phi) is 10.1. The number of morpholine rings is 1. The molecule has 0 unspecified atom stereocenters. The maximum atomic E-state index is 13.7. The number of nitrogens with zero attached hydrogens (tertiary/aromatic N) is 2. The number of ether oxygens (including phenoxy) is 2. The van der Waals surface area contributed by atoms with Gasteiger partial charge in [0.05, 0.1) is 32.3 Å². The van der Waals surface area contributed by atoms with Gasteiger partial charge in [0.2, 0.25) is 5.91 Å². The van der Waals surface area contributed by atoms with E-state index in [1.54, 1.807) is 6.07 Å². The minimum Gasteiger partial charge on any atom is -0.465 e. The fourth-order valence-corrected chi connectivity index (χ4v) is 5.02. The van der Waals surface area contributed by atoms with Crippen molar-refractivity contribution in [1.82, 2.24) is 9.80 Å². The van der Waals surface area contributed by atoms with Gasteiger partial charge >= 0.3 is 5.97 Å². The zero-order valence-electron chi connectivity index (χ0n) is 22.5. The highest BCUT2D eigenvalue weighted by Gasteiger charge is 2.21. The molecule has 1 aliphatic rings. The van der Waals surface area contributed by atoms with Crippen LogP contribution in [0.15, 0.2) is 78.9 Å². The summed E-state index contributed by atoms with van der Waals surface area (Å²) in [6.07, 6.45) is 1.07. The second-order valence-electron chi connectivity index (χ2n) is 9.82. The van der Waals surface area contributed by atoms with Gasteiger partial charge < -0.3 is 14.4 Å². The maximum Gasteiger partial charge on any atom is 0.338 e. The van der Waals surface area contributed by atoms with Gasteiger partial charge in [0, 0.05) is 38.6 Å². The van der Waals surface area contributed by atoms with Crippen LogP contribution in [0.25, 0.3) is 0 Å². The van der Waals surface area contributed by atoms with Gasteiger partial charge in [0.15, 0.2) is 0 Å². The van der Waals surface area contributed by atoms with Crippen LogP contribution >= 0.6 is 0 Å². The molecule has 6 heteroatoms. The average Bonchev–Trinajstić information content (AvgIpc) is 2.97. The molecule has 0 aliphatic carbocycles. The lowest BCUT2D eigenvalue weighted by atomic mass is 9.88. The number of methoxy groups -OCH3 is 1. The quantitative estimate of drug-likeness (QED) is 0.347. The van der Waals surface area contributed by atoms with Crippen molar-refractivity contribution < 1.29 is 19.1 Å². The Balaban J connectivity index is 1.52. The van der Waals surface area contributed by atoms with Crippen LogP contribution in [0.2, 0.25) is 0 Å². The van der Waals surface area contributed by atoms with E-state index in [0.29, 0.717) is 18.7 Å². The summed E-state index contributed by atoms with van der Waals surface area (Å²) >= 11 is 0. The van der Waals surface area contributed by atoms with Gasteiger partial charge in [-0.05, 0) is 41.7 Å². The van der Waals surface area contributed by atoms with Crippen LogP contribution in [-0.2, 0) is 20.7 Å². The van der Waals surface area contributed by atoms with Crippen LogP contribution in [0.1, 0.15) is 45.0 Å². The Bertz CT molecular complexity index is 1140. The number of esters is 1. The van der Waals surface area contributed by atoms with Crippen LogP contribution in [0.4, 0.5) is 0 Å². The lowest BCUT2D eigenvalue weighted by Crippen LogP contribution is -2.44. The van der Waals surface area contributed by atoms with Crippen molar-refractivity contribution in [2.75, 3.05) is 53.0 Å². The third-order valence-electron chi connectivity index (χ3n) is 7.30. The second kappa shape index (κ2) is 13.9. The lowest BCUT2D eigenvalue weighted by Gasteiger charge is -2.31. The highest BCUT2D eigenvalue weighted by atomic mass is 16.5. The molecule has 200 valence electrons. The van der Waals surface area contributed by atoms with E-state index in [9.17, 15) is 9.59 Å². The van der Waals surface area contributed by atoms with Crippen molar-refractivity contribution in [3.63, 3.8) is 0 Å². The van der Waals surface area contributed by atoms with Crippen molar-refractivity contribution in [2.45, 2.75) is 25.7 Å². The largest absolute Gasteiger partial charge is 0.465 e. The third-order valence-corrected chi connectivity index (χ3v) is 7.30. The van der Waals surface area contributed by atoms with Crippen molar-refractivity contribution in [3.8, 4) is 0 Å². The smallest absolute Gasteiger partial charge is 0.338 e. The molecule has 0 aromatic heterocycles. The number of aryl methyl sites for hydroxylation is 1. The Morgan fingerprint density at radius 1 is 0.921 bits per heavy atom. The molecule has 0 spiro atoms. The van der Waals surface area contributed by atoms with E-state index in [-0.39, 0.29) is 24.2 Å². The van der Waals surface area contributed by atoms with Crippen LogP contribution < -0.4 is 0 Å². The summed E-state index contributed by atoms with van der Waals surface area (Å²) in [5.41, 5.74) is 4.66. The van der Waals surface area contributed by atoms with E-state index in [1.807, 2.05) is 36.1 Å². The van der Waals surface area contributed by atoms with Crippen LogP contribution in [-0.4, -0.2) is 74.7 Å². The molecule has 1 aliphatic heterocycles. The van der Waals surface area contributed by atoms with Gasteiger partial charge in [-0.3, -0.25) is 9.69 Å². The number of benzene rings is 3. The second-order valence-corrected chi connectivity index (χ2v) is 9.82. The highest BCUT2D eigenvalue weighted by molar-refractivity contribution is 5.91. The van der Waals surface area contributed by atoms with Gasteiger partial charge in [0.1, 0.15) is 0 Å². The van der Waals surface area contributed by atoms with Gasteiger partial charge in [0.25, 0.3) is 0 Å². The minimum atomic E-state index is -0.380. The molecule has 1 saturated heterocycles. The van der Waals surface area contributed by atoms with Crippen LogP contribution in [0, 0.1) is 6.92 Å². The fourth-order valence-electron chi connectivity index (χ4n) is 5.02. The first-order valence-electron chi connectivity index (χ1n) is 13.4. The summed E-state index contributed by atoms with van der Waals surface area (Å²) in [5, 5.41) is 0. The minimum absolute atomic E-state index is 0.0674. The molecule has 3 aromatic carbocycles. The van der Waals surface area contributed by atoms with Gasteiger partial charge in [-0.15, -0.1) is 0 Å². The third kappa shape index (κ3) is 7.53. The number of hydrogen-bond donors (Lipinski definition) is 0. The monoisotopic (exact) mass is 514 g/mol. The number of carbonyl (C=O) groups is 2. The number of carbonyl (C=O) groups excluding carboxylic acids is 2. The highest BCUT2D eigenvalue weighted by Crippen LogP contribution is 2.28. The van der Waals surface area contributed by atoms with Crippen molar-refractivity contribution >= 4 is 11.9 Å². The van der Waals surface area contributed by atoms with Gasteiger partial charge in [-0.2, -0.15) is 0 Å². The van der Waals surface area contributed by atoms with E-state index >= 15 is 0 Å². The molecular weight excluding hydrogens is 476 g/mol. The van der Waals surface area contributed by atoms with Crippen molar-refractivity contribution in [3.05, 3.63) is 107 Å². The molecule has 0 saturated carbocycles. The summed E-state index contributed by atoms with van der Waals surface area (Å²) in [5.74, 6) is -0.117. The van der Waals surface area contributed by atoms with Crippen LogP contribution in [0.5, 0.6) is 0 Å². The predicted octanol–water partition coefficient (Wildman–Crippen LogP) is 4.71. The summed E-state index contributed by atoms with van der Waals surface area (Å²) in [6.45, 7) is 7.24. The Hall–Kier alpha value is -3.48. The molecule has 0 radical (unpaired) electrons. The molecule has 1 amide bonds. The van der Waals surface area contributed by atoms with E-state index in [0.717, 1.165) is 50.4 Å². The summed E-state index contributed by atoms with van der Waals surface area (Å²) in [6, 6.07) is 26.6. The summed E-state index contributed by atoms with van der Waals surface area (Å²) in [7, 11) is 1.38. The normalized spacial score (nSPS) is 13.9. The first-order valence-corrected chi connectivity index (χ1v) is 13.4. The van der Waals surface area contributed by atoms with E-state index < -0.39 is 0 Å². The van der Waals surface area contributed by atoms with Crippen molar-refractivity contribution in [2.24, 2.45) is 0 Å². The summed E-state index contributed by atoms with van der Waals surface area (Å²) in [4.78, 5) is 30.2. The van der Waals surface area contributed by atoms with E-state index in [4.69, 9.17) is 9.47 Å². The van der Waals surface area contributed by atoms with Crippen LogP contribution in [0.3, 0.4) is 0 Å². The van der Waals surface area contributed by atoms with E-state index in [2.05, 4.69) is 53.4 Å². The number of amides is 1. The Morgan fingerprint density at radius 3 is 2.16 bits per heavy atom. The van der Waals surface area contributed by atoms with E-state index in [1.165, 1.54) is 18.2 Å². The zero-order valence-corrected chi connectivity index (χ0v) is 22.5. The fraction of sp³-hybridized carbons (Fsp3) is 0.375. The Labute approximate surface area is 226 Å². The average molecular weight is 515 g/mol. The van der Waals surface area contributed by atoms with Gasteiger partial charge in [-0.25, -0.2) is 4.79 Å². The molecule has 38 heavy (non-hydrogen) atoms. The van der Waals surface area contributed by atoms with Gasteiger partial charge in [-0.1, -0.05) is 72.8 Å². The molecule has 0 atom stereocenters. The molecule has 0 N–H and O–H groups in total. The Morgan fingerprint density at radius 2 is 1.55 bits per heavy atom.